The van der Waals surface area contributed by atoms with Crippen molar-refractivity contribution in [1.29, 1.82) is 0 Å². The highest BCUT2D eigenvalue weighted by Gasteiger charge is 2.25. The fourth-order valence-electron chi connectivity index (χ4n) is 3.40. The number of amides is 2. The van der Waals surface area contributed by atoms with Gasteiger partial charge in [0, 0.05) is 49.3 Å². The van der Waals surface area contributed by atoms with Crippen LogP contribution in [0.5, 0.6) is 5.75 Å². The largest absolute Gasteiger partial charge is 0.484 e. The maximum Gasteiger partial charge on any atom is 0.336 e. The van der Waals surface area contributed by atoms with Crippen LogP contribution >= 0.6 is 0 Å². The zero-order chi connectivity index (χ0) is 21.1. The summed E-state index contributed by atoms with van der Waals surface area (Å²) in [4.78, 5) is 39.9. The molecule has 7 nitrogen and oxygen atoms in total. The van der Waals surface area contributed by atoms with Crippen molar-refractivity contribution in [2.75, 3.05) is 32.8 Å². The summed E-state index contributed by atoms with van der Waals surface area (Å²) in [6, 6.07) is 15.6. The molecular formula is C23H22N2O5. The van der Waals surface area contributed by atoms with Gasteiger partial charge in [0.05, 0.1) is 0 Å². The number of aryl methyl sites for hydroxylation is 1. The molecule has 0 bridgehead atoms. The summed E-state index contributed by atoms with van der Waals surface area (Å²) in [5.74, 6) is 0.293. The number of piperazine rings is 1. The second-order valence-electron chi connectivity index (χ2n) is 7.28. The summed E-state index contributed by atoms with van der Waals surface area (Å²) in [5, 5.41) is 0.780. The van der Waals surface area contributed by atoms with E-state index in [1.54, 1.807) is 34.1 Å². The zero-order valence-corrected chi connectivity index (χ0v) is 16.7. The first-order valence-corrected chi connectivity index (χ1v) is 9.80. The van der Waals surface area contributed by atoms with Gasteiger partial charge < -0.3 is 19.0 Å². The summed E-state index contributed by atoms with van der Waals surface area (Å²) in [6.07, 6.45) is 0. The van der Waals surface area contributed by atoms with Crippen molar-refractivity contribution in [1.82, 2.24) is 9.80 Å². The molecule has 154 valence electrons. The highest BCUT2D eigenvalue weighted by Crippen LogP contribution is 2.19. The molecule has 1 saturated heterocycles. The van der Waals surface area contributed by atoms with Crippen LogP contribution in [0.25, 0.3) is 11.0 Å². The van der Waals surface area contributed by atoms with Gasteiger partial charge in [-0.3, -0.25) is 9.59 Å². The highest BCUT2D eigenvalue weighted by atomic mass is 16.5. The summed E-state index contributed by atoms with van der Waals surface area (Å²) in [5.41, 5.74) is 1.74. The lowest BCUT2D eigenvalue weighted by Gasteiger charge is -2.34. The Hall–Kier alpha value is -3.61. The number of hydrogen-bond donors (Lipinski definition) is 0. The van der Waals surface area contributed by atoms with Crippen molar-refractivity contribution in [2.45, 2.75) is 6.92 Å². The van der Waals surface area contributed by atoms with Crippen LogP contribution < -0.4 is 10.4 Å². The van der Waals surface area contributed by atoms with Crippen LogP contribution in [-0.4, -0.2) is 54.4 Å². The number of hydrogen-bond acceptors (Lipinski definition) is 5. The summed E-state index contributed by atoms with van der Waals surface area (Å²) in [7, 11) is 0. The summed E-state index contributed by atoms with van der Waals surface area (Å²) in [6.45, 7) is 3.76. The van der Waals surface area contributed by atoms with Crippen molar-refractivity contribution in [2.24, 2.45) is 0 Å². The molecule has 0 spiro atoms. The molecule has 0 saturated carbocycles. The van der Waals surface area contributed by atoms with Gasteiger partial charge in [-0.25, -0.2) is 4.79 Å². The highest BCUT2D eigenvalue weighted by molar-refractivity contribution is 5.94. The lowest BCUT2D eigenvalue weighted by molar-refractivity contribution is -0.134. The predicted molar refractivity (Wildman–Crippen MR) is 112 cm³/mol. The third-order valence-electron chi connectivity index (χ3n) is 5.17. The molecule has 1 aliphatic rings. The molecule has 0 radical (unpaired) electrons. The molecule has 1 aromatic heterocycles. The van der Waals surface area contributed by atoms with Crippen molar-refractivity contribution >= 4 is 22.8 Å². The van der Waals surface area contributed by atoms with Gasteiger partial charge in [0.1, 0.15) is 11.3 Å². The van der Waals surface area contributed by atoms with E-state index in [0.29, 0.717) is 43.1 Å². The second-order valence-corrected chi connectivity index (χ2v) is 7.28. The van der Waals surface area contributed by atoms with Crippen molar-refractivity contribution in [3.63, 3.8) is 0 Å². The minimum absolute atomic E-state index is 0.0176. The number of ether oxygens (including phenoxy) is 1. The number of carbonyl (C=O) groups is 2. The molecule has 1 fully saturated rings. The molecule has 0 aliphatic carbocycles. The van der Waals surface area contributed by atoms with Crippen LogP contribution in [0.15, 0.2) is 63.8 Å². The minimum Gasteiger partial charge on any atom is -0.484 e. The van der Waals surface area contributed by atoms with Gasteiger partial charge in [-0.15, -0.1) is 0 Å². The van der Waals surface area contributed by atoms with Gasteiger partial charge >= 0.3 is 5.63 Å². The number of rotatable bonds is 4. The summed E-state index contributed by atoms with van der Waals surface area (Å²) < 4.78 is 10.7. The monoisotopic (exact) mass is 406 g/mol. The SMILES string of the molecule is Cc1ccc(C(=O)N2CCN(C(=O)COc3ccc4ccc(=O)oc4c3)CC2)cc1. The number of carbonyl (C=O) groups excluding carboxylic acids is 2. The molecule has 2 aromatic carbocycles. The molecule has 3 aromatic rings. The number of fused-ring (bicyclic) bond motifs is 1. The molecule has 30 heavy (non-hydrogen) atoms. The van der Waals surface area contributed by atoms with Crippen LogP contribution in [-0.2, 0) is 4.79 Å². The van der Waals surface area contributed by atoms with Gasteiger partial charge in [0.2, 0.25) is 0 Å². The lowest BCUT2D eigenvalue weighted by atomic mass is 10.1. The first kappa shape index (κ1) is 19.7. The standard InChI is InChI=1S/C23H22N2O5/c1-16-2-4-18(5-3-16)23(28)25-12-10-24(11-13-25)21(26)15-29-19-8-6-17-7-9-22(27)30-20(17)14-19/h2-9,14H,10-13,15H2,1H3. The third kappa shape index (κ3) is 4.35. The lowest BCUT2D eigenvalue weighted by Crippen LogP contribution is -2.51. The third-order valence-corrected chi connectivity index (χ3v) is 5.17. The van der Waals surface area contributed by atoms with Gasteiger partial charge in [-0.2, -0.15) is 0 Å². The van der Waals surface area contributed by atoms with Crippen LogP contribution in [0.2, 0.25) is 0 Å². The number of nitrogens with zero attached hydrogens (tertiary/aromatic N) is 2. The summed E-state index contributed by atoms with van der Waals surface area (Å²) >= 11 is 0. The smallest absolute Gasteiger partial charge is 0.336 e. The molecule has 7 heteroatoms. The van der Waals surface area contributed by atoms with Gasteiger partial charge in [-0.05, 0) is 37.3 Å². The Labute approximate surface area is 173 Å². The van der Waals surface area contributed by atoms with Gasteiger partial charge in [0.25, 0.3) is 11.8 Å². The Morgan fingerprint density at radius 3 is 2.33 bits per heavy atom. The van der Waals surface area contributed by atoms with Crippen molar-refractivity contribution in [3.05, 3.63) is 76.1 Å². The maximum absolute atomic E-state index is 12.6. The normalized spacial score (nSPS) is 14.0. The molecule has 2 heterocycles. The second kappa shape index (κ2) is 8.41. The quantitative estimate of drug-likeness (QED) is 0.622. The van der Waals surface area contributed by atoms with E-state index in [-0.39, 0.29) is 18.4 Å². The number of benzene rings is 2. The first-order valence-electron chi connectivity index (χ1n) is 9.80. The van der Waals surface area contributed by atoms with E-state index < -0.39 is 5.63 Å². The molecule has 1 aliphatic heterocycles. The average Bonchev–Trinajstić information content (AvgIpc) is 2.77. The van der Waals surface area contributed by atoms with Crippen molar-refractivity contribution < 1.29 is 18.7 Å². The fraction of sp³-hybridized carbons (Fsp3) is 0.261. The Kier molecular flexibility index (Phi) is 5.52. The molecule has 4 rings (SSSR count). The zero-order valence-electron chi connectivity index (χ0n) is 16.7. The Balaban J connectivity index is 1.30. The van der Waals surface area contributed by atoms with E-state index in [2.05, 4.69) is 0 Å². The van der Waals surface area contributed by atoms with Crippen LogP contribution in [0, 0.1) is 6.92 Å². The van der Waals surface area contributed by atoms with Crippen LogP contribution in [0.1, 0.15) is 15.9 Å². The Morgan fingerprint density at radius 2 is 1.60 bits per heavy atom. The topological polar surface area (TPSA) is 80.1 Å². The van der Waals surface area contributed by atoms with E-state index in [1.165, 1.54) is 6.07 Å². The minimum atomic E-state index is -0.436. The first-order chi connectivity index (χ1) is 14.5. The van der Waals surface area contributed by atoms with Crippen LogP contribution in [0.3, 0.4) is 0 Å². The molecule has 2 amide bonds. The van der Waals surface area contributed by atoms with Gasteiger partial charge in [-0.1, -0.05) is 17.7 Å². The van der Waals surface area contributed by atoms with Crippen LogP contribution in [0.4, 0.5) is 0 Å². The fourth-order valence-corrected chi connectivity index (χ4v) is 3.40. The Bertz CT molecular complexity index is 1130. The van der Waals surface area contributed by atoms with E-state index >= 15 is 0 Å². The van der Waals surface area contributed by atoms with E-state index in [4.69, 9.17) is 9.15 Å². The Morgan fingerprint density at radius 1 is 0.933 bits per heavy atom. The van der Waals surface area contributed by atoms with Gasteiger partial charge in [0.15, 0.2) is 6.61 Å². The maximum atomic E-state index is 12.6. The molecule has 0 unspecified atom stereocenters. The van der Waals surface area contributed by atoms with Crippen molar-refractivity contribution in [3.8, 4) is 5.75 Å². The predicted octanol–water partition coefficient (Wildman–Crippen LogP) is 2.46. The molecule has 0 atom stereocenters. The average molecular weight is 406 g/mol. The van der Waals surface area contributed by atoms with E-state index in [1.807, 2.05) is 31.2 Å². The van der Waals surface area contributed by atoms with E-state index in [0.717, 1.165) is 10.9 Å². The molecule has 0 N–H and O–H groups in total. The molecular weight excluding hydrogens is 384 g/mol. The van der Waals surface area contributed by atoms with E-state index in [9.17, 15) is 14.4 Å².